The molecule has 2 aromatic rings. The van der Waals surface area contributed by atoms with E-state index in [-0.39, 0.29) is 54.0 Å². The number of ether oxygens (including phenoxy) is 3. The summed E-state index contributed by atoms with van der Waals surface area (Å²) >= 11 is 1.28. The lowest BCUT2D eigenvalue weighted by molar-refractivity contribution is -0.157. The van der Waals surface area contributed by atoms with Crippen LogP contribution in [0.4, 0.5) is 0 Å². The van der Waals surface area contributed by atoms with Gasteiger partial charge in [0.1, 0.15) is 24.2 Å². The summed E-state index contributed by atoms with van der Waals surface area (Å²) in [7, 11) is -3.69. The number of hydrogen-bond acceptors (Lipinski definition) is 11. The number of benzene rings is 1. The highest BCUT2D eigenvalue weighted by Gasteiger charge is 2.53. The molecule has 1 saturated carbocycles. The maximum absolute atomic E-state index is 14.5. The Kier molecular flexibility index (Phi) is 13.4. The minimum Gasteiger partial charge on any atom is -0.462 e. The summed E-state index contributed by atoms with van der Waals surface area (Å²) < 4.78 is 31.3. The van der Waals surface area contributed by atoms with Crippen LogP contribution in [0, 0.1) is 17.8 Å². The van der Waals surface area contributed by atoms with Gasteiger partial charge in [-0.2, -0.15) is 0 Å². The fraction of sp³-hybridized carbons (Fsp3) is 0.667. The van der Waals surface area contributed by atoms with Crippen molar-refractivity contribution >= 4 is 64.4 Å². The molecule has 7 atom stereocenters. The van der Waals surface area contributed by atoms with Crippen molar-refractivity contribution in [1.29, 1.82) is 0 Å². The van der Waals surface area contributed by atoms with Crippen LogP contribution in [-0.4, -0.2) is 132 Å². The third-order valence-electron chi connectivity index (χ3n) is 12.1. The fourth-order valence-corrected chi connectivity index (χ4v) is 12.4. The lowest BCUT2D eigenvalue weighted by Gasteiger charge is -2.44. The van der Waals surface area contributed by atoms with Crippen molar-refractivity contribution in [2.24, 2.45) is 17.8 Å². The first kappa shape index (κ1) is 44.2. The molecule has 4 aliphatic heterocycles. The molecule has 0 radical (unpaired) electrons. The van der Waals surface area contributed by atoms with Gasteiger partial charge in [0.25, 0.3) is 5.91 Å². The molecule has 5 aliphatic rings. The first-order chi connectivity index (χ1) is 28.5. The summed E-state index contributed by atoms with van der Waals surface area (Å²) in [6.07, 6.45) is 2.83. The Morgan fingerprint density at radius 1 is 0.833 bits per heavy atom. The van der Waals surface area contributed by atoms with Crippen LogP contribution in [-0.2, 0) is 48.9 Å². The molecule has 1 aliphatic carbocycles. The van der Waals surface area contributed by atoms with Crippen molar-refractivity contribution in [3.05, 3.63) is 34.7 Å². The maximum Gasteiger partial charge on any atom is 0.323 e. The number of nitrogens with zero attached hydrogens (tertiary/aromatic N) is 3. The Hall–Kier alpha value is -3.89. The molecule has 328 valence electrons. The molecule has 4 saturated heterocycles. The van der Waals surface area contributed by atoms with Crippen LogP contribution in [0.5, 0.6) is 0 Å². The van der Waals surface area contributed by atoms with Crippen molar-refractivity contribution in [3.63, 3.8) is 0 Å². The first-order valence-electron chi connectivity index (χ1n) is 21.3. The van der Waals surface area contributed by atoms with Crippen molar-refractivity contribution < 1.29 is 47.5 Å². The second-order valence-electron chi connectivity index (χ2n) is 17.7. The van der Waals surface area contributed by atoms with Gasteiger partial charge in [0, 0.05) is 36.9 Å². The smallest absolute Gasteiger partial charge is 0.323 e. The number of rotatable bonds is 14. The number of carbonyl (C=O) groups excluding carboxylic acids is 6. The highest BCUT2D eigenvalue weighted by molar-refractivity contribution is 7.59. The zero-order valence-corrected chi connectivity index (χ0v) is 37.1. The third kappa shape index (κ3) is 10.1. The average Bonchev–Trinajstić information content (AvgIpc) is 3.52. The zero-order chi connectivity index (χ0) is 43.0. The minimum atomic E-state index is -3.69. The van der Waals surface area contributed by atoms with Gasteiger partial charge in [-0.15, -0.1) is 11.3 Å². The Labute approximate surface area is 355 Å². The van der Waals surface area contributed by atoms with Crippen molar-refractivity contribution in [2.75, 3.05) is 39.4 Å². The second-order valence-corrected chi connectivity index (χ2v) is 21.1. The number of esters is 2. The Balaban J connectivity index is 1.03. The van der Waals surface area contributed by atoms with Crippen LogP contribution < -0.4 is 15.5 Å². The zero-order valence-electron chi connectivity index (χ0n) is 35.3. The van der Waals surface area contributed by atoms with Gasteiger partial charge >= 0.3 is 11.9 Å². The summed E-state index contributed by atoms with van der Waals surface area (Å²) in [4.78, 5) is 86.3. The van der Waals surface area contributed by atoms with Gasteiger partial charge in [0.15, 0.2) is 0 Å². The summed E-state index contributed by atoms with van der Waals surface area (Å²) in [5.74, 6) is -1.31. The van der Waals surface area contributed by atoms with E-state index < -0.39 is 43.5 Å². The lowest BCUT2D eigenvalue weighted by atomic mass is 9.96. The standard InChI is InChI=1S/C42H59N6O10PS/c1-23(2)57-41(53)25(5)44-59(55,45-26(6)42(54)58-24(3)4)22-27-7-10-35-30(15-27)19-36(60-35)37(49)43-33-18-29-16-28(29)17-32-8-9-34(48(32)39(33)51)40(52)47-20-31(21-47)38(50)46-11-13-56-14-12-46/h7,10,15,19,23-26,28-29,31-34H,8-9,11-14,16-18,20-22H2,1-6H3,(H,43,49)(H2,44,45,55)/t25-,26-,28+,29-,32+,33-,34-/m0/s1. The van der Waals surface area contributed by atoms with Gasteiger partial charge in [0.2, 0.25) is 25.2 Å². The number of morpholine rings is 1. The fourth-order valence-electron chi connectivity index (χ4n) is 9.02. The molecule has 0 spiro atoms. The molecule has 0 unspecified atom stereocenters. The molecular formula is C42H59N6O10PS. The summed E-state index contributed by atoms with van der Waals surface area (Å²) in [5.41, 5.74) is 0.634. The Bertz CT molecular complexity index is 2000. The van der Waals surface area contributed by atoms with Crippen LogP contribution in [0.25, 0.3) is 10.1 Å². The first-order valence-corrected chi connectivity index (χ1v) is 24.1. The molecule has 16 nitrogen and oxygen atoms in total. The average molecular weight is 871 g/mol. The van der Waals surface area contributed by atoms with E-state index in [4.69, 9.17) is 14.2 Å². The van der Waals surface area contributed by atoms with Gasteiger partial charge in [-0.3, -0.25) is 33.3 Å². The van der Waals surface area contributed by atoms with Crippen LogP contribution in [0.15, 0.2) is 24.3 Å². The molecule has 0 bridgehead atoms. The topological polar surface area (TPSA) is 193 Å². The number of fused-ring (bicyclic) bond motifs is 3. The molecule has 3 N–H and O–H groups in total. The number of thiophene rings is 1. The quantitative estimate of drug-likeness (QED) is 0.185. The SMILES string of the molecule is CC(C)OC(=O)[C@H](C)NP(=O)(Cc1ccc2sc(C(=O)N[C@H]3C[C@@H]4C[C@@H]4C[C@H]4CC[C@@H](C(=O)N5CC(C(=O)N6CCOCC6)C5)N4C3=O)cc2c1)N[C@@H](C)C(=O)OC(C)C. The van der Waals surface area contributed by atoms with Gasteiger partial charge < -0.3 is 34.2 Å². The monoisotopic (exact) mass is 870 g/mol. The third-order valence-corrected chi connectivity index (χ3v) is 15.7. The number of amides is 4. The van der Waals surface area contributed by atoms with E-state index in [0.717, 1.165) is 29.3 Å². The van der Waals surface area contributed by atoms with Gasteiger partial charge in [-0.25, -0.2) is 10.2 Å². The predicted molar refractivity (Wildman–Crippen MR) is 224 cm³/mol. The minimum absolute atomic E-state index is 0.0498. The molecule has 4 amide bonds. The second kappa shape index (κ2) is 18.2. The maximum atomic E-state index is 14.5. The Morgan fingerprint density at radius 2 is 1.47 bits per heavy atom. The van der Waals surface area contributed by atoms with E-state index in [2.05, 4.69) is 15.5 Å². The van der Waals surface area contributed by atoms with E-state index >= 15 is 0 Å². The highest BCUT2D eigenvalue weighted by Crippen LogP contribution is 2.50. The van der Waals surface area contributed by atoms with E-state index in [1.165, 1.54) is 11.3 Å². The number of likely N-dealkylation sites (tertiary alicyclic amines) is 1. The Morgan fingerprint density at radius 3 is 2.10 bits per heavy atom. The van der Waals surface area contributed by atoms with E-state index in [1.807, 2.05) is 12.1 Å². The van der Waals surface area contributed by atoms with Gasteiger partial charge in [0.05, 0.1) is 42.4 Å². The van der Waals surface area contributed by atoms with Gasteiger partial charge in [-0.1, -0.05) is 6.07 Å². The molecule has 1 aromatic heterocycles. The van der Waals surface area contributed by atoms with E-state index in [9.17, 15) is 33.3 Å². The van der Waals surface area contributed by atoms with Crippen LogP contribution in [0.3, 0.4) is 0 Å². The largest absolute Gasteiger partial charge is 0.462 e. The summed E-state index contributed by atoms with van der Waals surface area (Å²) in [6.45, 7) is 12.8. The highest BCUT2D eigenvalue weighted by atomic mass is 32.1. The number of carbonyl (C=O) groups is 6. The van der Waals surface area contributed by atoms with Crippen molar-refractivity contribution in [3.8, 4) is 0 Å². The lowest BCUT2D eigenvalue weighted by Crippen LogP contribution is -2.62. The normalized spacial score (nSPS) is 25.5. The van der Waals surface area contributed by atoms with Crippen LogP contribution in [0.1, 0.15) is 88.9 Å². The number of nitrogens with one attached hydrogen (secondary N) is 3. The predicted octanol–water partition coefficient (Wildman–Crippen LogP) is 3.66. The molecule has 5 fully saturated rings. The molecule has 5 heterocycles. The van der Waals surface area contributed by atoms with E-state index in [1.54, 1.807) is 68.4 Å². The molecule has 1 aromatic carbocycles. The molecule has 7 rings (SSSR count). The van der Waals surface area contributed by atoms with Crippen molar-refractivity contribution in [1.82, 2.24) is 30.2 Å². The van der Waals surface area contributed by atoms with Gasteiger partial charge in [-0.05, 0) is 115 Å². The summed E-state index contributed by atoms with van der Waals surface area (Å²) in [5, 5.41) is 9.58. The molecule has 60 heavy (non-hydrogen) atoms. The summed E-state index contributed by atoms with van der Waals surface area (Å²) in [6, 6.07) is 3.81. The molecular weight excluding hydrogens is 812 g/mol. The van der Waals surface area contributed by atoms with Crippen molar-refractivity contribution in [2.45, 2.75) is 122 Å². The van der Waals surface area contributed by atoms with Crippen LogP contribution >= 0.6 is 18.8 Å². The molecule has 18 heteroatoms. The van der Waals surface area contributed by atoms with Crippen LogP contribution in [0.2, 0.25) is 0 Å². The van der Waals surface area contributed by atoms with E-state index in [0.29, 0.717) is 74.5 Å². The number of hydrogen-bond donors (Lipinski definition) is 3.